The first kappa shape index (κ1) is 20.5. The lowest BCUT2D eigenvalue weighted by atomic mass is 10.2. The maximum Gasteiger partial charge on any atom is 0.248 e. The summed E-state index contributed by atoms with van der Waals surface area (Å²) in [5.74, 6) is 1.65. The zero-order valence-corrected chi connectivity index (χ0v) is 17.7. The van der Waals surface area contributed by atoms with Crippen LogP contribution in [0.4, 0.5) is 23.5 Å². The van der Waals surface area contributed by atoms with E-state index in [1.807, 2.05) is 31.2 Å². The van der Waals surface area contributed by atoms with Crippen molar-refractivity contribution in [1.82, 2.24) is 20.4 Å². The summed E-state index contributed by atoms with van der Waals surface area (Å²) in [7, 11) is 0. The molecule has 0 saturated carbocycles. The highest BCUT2D eigenvalue weighted by Crippen LogP contribution is 2.18. The lowest BCUT2D eigenvalue weighted by Crippen LogP contribution is -2.40. The number of aryl methyl sites for hydroxylation is 1. The molecule has 0 radical (unpaired) electrons. The van der Waals surface area contributed by atoms with Crippen LogP contribution in [0.1, 0.15) is 5.56 Å². The highest BCUT2D eigenvalue weighted by Gasteiger charge is 2.20. The standard InChI is InChI=1S/C19H26N8O2S/c1-14-2-4-15(5-3-14)20-19(30)25-24-16-21-17(26-6-10-28-11-7-26)23-18(22-16)27-8-12-29-13-9-27/h2-5H,6-13H2,1H3,(H2,20,25,30)(H,21,22,23,24). The van der Waals surface area contributed by atoms with Crippen molar-refractivity contribution in [3.63, 3.8) is 0 Å². The summed E-state index contributed by atoms with van der Waals surface area (Å²) in [5, 5.41) is 3.54. The van der Waals surface area contributed by atoms with E-state index in [4.69, 9.17) is 21.7 Å². The van der Waals surface area contributed by atoms with Crippen LogP contribution in [0.2, 0.25) is 0 Å². The summed E-state index contributed by atoms with van der Waals surface area (Å²) in [6.45, 7) is 7.64. The van der Waals surface area contributed by atoms with Crippen LogP contribution in [0.25, 0.3) is 0 Å². The molecule has 1 aromatic carbocycles. The van der Waals surface area contributed by atoms with Gasteiger partial charge in [-0.3, -0.25) is 10.9 Å². The van der Waals surface area contributed by atoms with Gasteiger partial charge in [0, 0.05) is 31.9 Å². The maximum absolute atomic E-state index is 5.45. The summed E-state index contributed by atoms with van der Waals surface area (Å²) in [4.78, 5) is 18.0. The van der Waals surface area contributed by atoms with Crippen molar-refractivity contribution in [2.75, 3.05) is 73.1 Å². The molecule has 11 heteroatoms. The molecule has 2 aliphatic heterocycles. The second kappa shape index (κ2) is 9.83. The Balaban J connectivity index is 1.46. The van der Waals surface area contributed by atoms with Crippen LogP contribution in [0.5, 0.6) is 0 Å². The van der Waals surface area contributed by atoms with Gasteiger partial charge in [-0.05, 0) is 31.3 Å². The van der Waals surface area contributed by atoms with E-state index in [9.17, 15) is 0 Å². The Hall–Kier alpha value is -2.76. The number of morpholine rings is 2. The van der Waals surface area contributed by atoms with E-state index >= 15 is 0 Å². The Labute approximate surface area is 181 Å². The van der Waals surface area contributed by atoms with Gasteiger partial charge in [0.25, 0.3) is 0 Å². The lowest BCUT2D eigenvalue weighted by Gasteiger charge is -2.30. The van der Waals surface area contributed by atoms with E-state index in [0.29, 0.717) is 49.4 Å². The molecule has 2 aromatic rings. The Morgan fingerprint density at radius 1 is 0.867 bits per heavy atom. The molecule has 0 atom stereocenters. The lowest BCUT2D eigenvalue weighted by molar-refractivity contribution is 0.121. The Morgan fingerprint density at radius 2 is 1.40 bits per heavy atom. The predicted molar refractivity (Wildman–Crippen MR) is 120 cm³/mol. The number of ether oxygens (including phenoxy) is 2. The van der Waals surface area contributed by atoms with Crippen molar-refractivity contribution < 1.29 is 9.47 Å². The Kier molecular flexibility index (Phi) is 6.72. The van der Waals surface area contributed by atoms with Gasteiger partial charge in [-0.2, -0.15) is 15.0 Å². The number of rotatable bonds is 5. The molecule has 4 rings (SSSR count). The molecular formula is C19H26N8O2S. The topological polar surface area (TPSA) is 99.7 Å². The molecule has 2 aliphatic rings. The first-order valence-corrected chi connectivity index (χ1v) is 10.4. The average molecular weight is 431 g/mol. The quantitative estimate of drug-likeness (QED) is 0.471. The van der Waals surface area contributed by atoms with Crippen molar-refractivity contribution in [3.05, 3.63) is 29.8 Å². The van der Waals surface area contributed by atoms with Crippen molar-refractivity contribution >= 4 is 40.9 Å². The smallest absolute Gasteiger partial charge is 0.248 e. The number of nitrogens with one attached hydrogen (secondary N) is 3. The minimum absolute atomic E-state index is 0.404. The largest absolute Gasteiger partial charge is 0.378 e. The minimum atomic E-state index is 0.404. The van der Waals surface area contributed by atoms with Crippen molar-refractivity contribution in [3.8, 4) is 0 Å². The van der Waals surface area contributed by atoms with Gasteiger partial charge in [0.05, 0.1) is 26.4 Å². The van der Waals surface area contributed by atoms with Gasteiger partial charge in [0.2, 0.25) is 17.8 Å². The fraction of sp³-hybridized carbons (Fsp3) is 0.474. The zero-order valence-electron chi connectivity index (χ0n) is 16.9. The number of nitrogens with zero attached hydrogens (tertiary/aromatic N) is 5. The third-order valence-corrected chi connectivity index (χ3v) is 5.00. The van der Waals surface area contributed by atoms with E-state index < -0.39 is 0 Å². The molecular weight excluding hydrogens is 404 g/mol. The average Bonchev–Trinajstić information content (AvgIpc) is 2.80. The molecule has 1 aromatic heterocycles. The second-order valence-electron chi connectivity index (χ2n) is 7.03. The second-order valence-corrected chi connectivity index (χ2v) is 7.44. The first-order valence-electron chi connectivity index (χ1n) is 9.98. The number of thiocarbonyl (C=S) groups is 1. The van der Waals surface area contributed by atoms with E-state index in [1.165, 1.54) is 5.56 Å². The molecule has 30 heavy (non-hydrogen) atoms. The molecule has 2 fully saturated rings. The molecule has 0 unspecified atom stereocenters. The number of anilines is 4. The third-order valence-electron chi connectivity index (χ3n) is 4.80. The van der Waals surface area contributed by atoms with Gasteiger partial charge >= 0.3 is 0 Å². The van der Waals surface area contributed by atoms with Gasteiger partial charge in [-0.15, -0.1) is 0 Å². The van der Waals surface area contributed by atoms with Gasteiger partial charge < -0.3 is 24.6 Å². The highest BCUT2D eigenvalue weighted by molar-refractivity contribution is 7.80. The molecule has 10 nitrogen and oxygen atoms in total. The summed E-state index contributed by atoms with van der Waals surface area (Å²) >= 11 is 5.37. The van der Waals surface area contributed by atoms with Crippen LogP contribution in [-0.2, 0) is 9.47 Å². The number of aromatic nitrogens is 3. The molecule has 2 saturated heterocycles. The van der Waals surface area contributed by atoms with E-state index in [0.717, 1.165) is 31.9 Å². The zero-order chi connectivity index (χ0) is 20.8. The van der Waals surface area contributed by atoms with E-state index in [2.05, 4.69) is 40.9 Å². The maximum atomic E-state index is 5.45. The first-order chi connectivity index (χ1) is 14.7. The molecule has 3 N–H and O–H groups in total. The molecule has 0 spiro atoms. The van der Waals surface area contributed by atoms with Crippen LogP contribution in [-0.4, -0.2) is 72.7 Å². The van der Waals surface area contributed by atoms with Crippen LogP contribution in [0.15, 0.2) is 24.3 Å². The fourth-order valence-corrected chi connectivity index (χ4v) is 3.30. The van der Waals surface area contributed by atoms with Gasteiger partial charge in [-0.1, -0.05) is 17.7 Å². The number of hydrazine groups is 1. The number of hydrogen-bond donors (Lipinski definition) is 3. The number of hydrogen-bond acceptors (Lipinski definition) is 9. The fourth-order valence-electron chi connectivity index (χ4n) is 3.13. The van der Waals surface area contributed by atoms with Gasteiger partial charge in [-0.25, -0.2) is 0 Å². The van der Waals surface area contributed by atoms with Crippen molar-refractivity contribution in [2.24, 2.45) is 0 Å². The van der Waals surface area contributed by atoms with E-state index in [1.54, 1.807) is 0 Å². The Bertz CT molecular complexity index is 818. The van der Waals surface area contributed by atoms with Crippen LogP contribution >= 0.6 is 12.2 Å². The van der Waals surface area contributed by atoms with Gasteiger partial charge in [0.1, 0.15) is 0 Å². The Morgan fingerprint density at radius 3 is 1.93 bits per heavy atom. The van der Waals surface area contributed by atoms with Crippen LogP contribution in [0.3, 0.4) is 0 Å². The molecule has 0 aliphatic carbocycles. The SMILES string of the molecule is Cc1ccc(NC(=S)NNc2nc(N3CCOCC3)nc(N3CCOCC3)n2)cc1. The van der Waals surface area contributed by atoms with Crippen molar-refractivity contribution in [1.29, 1.82) is 0 Å². The van der Waals surface area contributed by atoms with Crippen molar-refractivity contribution in [2.45, 2.75) is 6.92 Å². The molecule has 0 bridgehead atoms. The highest BCUT2D eigenvalue weighted by atomic mass is 32.1. The number of benzene rings is 1. The molecule has 0 amide bonds. The predicted octanol–water partition coefficient (Wildman–Crippen LogP) is 1.17. The minimum Gasteiger partial charge on any atom is -0.378 e. The monoisotopic (exact) mass is 430 g/mol. The summed E-state index contributed by atoms with van der Waals surface area (Å²) < 4.78 is 10.9. The molecule has 160 valence electrons. The molecule has 3 heterocycles. The summed E-state index contributed by atoms with van der Waals surface area (Å²) in [6, 6.07) is 7.99. The van der Waals surface area contributed by atoms with Crippen LogP contribution in [0, 0.1) is 6.92 Å². The van der Waals surface area contributed by atoms with Gasteiger partial charge in [0.15, 0.2) is 5.11 Å². The third kappa shape index (κ3) is 5.43. The summed E-state index contributed by atoms with van der Waals surface area (Å²) in [5.41, 5.74) is 8.05. The van der Waals surface area contributed by atoms with E-state index in [-0.39, 0.29) is 0 Å². The van der Waals surface area contributed by atoms with Crippen LogP contribution < -0.4 is 26.0 Å². The normalized spacial score (nSPS) is 16.8. The summed E-state index contributed by atoms with van der Waals surface area (Å²) in [6.07, 6.45) is 0.